The molecule has 0 spiro atoms. The Morgan fingerprint density at radius 2 is 1.93 bits per heavy atom. The molecule has 0 aliphatic carbocycles. The lowest BCUT2D eigenvalue weighted by Gasteiger charge is -2.34. The Bertz CT molecular complexity index is 916. The highest BCUT2D eigenvalue weighted by Crippen LogP contribution is 2.21. The number of carbonyl (C=O) groups is 1. The van der Waals surface area contributed by atoms with Crippen LogP contribution in [0.4, 0.5) is 5.82 Å². The predicted molar refractivity (Wildman–Crippen MR) is 103 cm³/mol. The van der Waals surface area contributed by atoms with Crippen molar-refractivity contribution in [1.82, 2.24) is 29.4 Å². The molecule has 0 atom stereocenters. The van der Waals surface area contributed by atoms with Gasteiger partial charge in [0.05, 0.1) is 5.69 Å². The number of aromatic nitrogens is 4. The maximum Gasteiger partial charge on any atom is 0.254 e. The summed E-state index contributed by atoms with van der Waals surface area (Å²) in [5.74, 6) is 1.61. The molecule has 8 heteroatoms. The number of piperazine rings is 1. The molecule has 1 aliphatic heterocycles. The third-order valence-corrected chi connectivity index (χ3v) is 4.87. The van der Waals surface area contributed by atoms with E-state index >= 15 is 0 Å². The van der Waals surface area contributed by atoms with Crippen molar-refractivity contribution in [3.05, 3.63) is 42.7 Å². The van der Waals surface area contributed by atoms with Crippen molar-refractivity contribution in [2.24, 2.45) is 0 Å². The van der Waals surface area contributed by atoms with E-state index in [1.54, 1.807) is 11.4 Å². The van der Waals surface area contributed by atoms with Crippen LogP contribution in [-0.2, 0) is 4.79 Å². The molecular formula is C19H23N7O. The molecule has 0 bridgehead atoms. The van der Waals surface area contributed by atoms with Crippen molar-refractivity contribution >= 4 is 17.5 Å². The summed E-state index contributed by atoms with van der Waals surface area (Å²) in [7, 11) is 0. The fourth-order valence-corrected chi connectivity index (χ4v) is 3.32. The van der Waals surface area contributed by atoms with Crippen LogP contribution in [-0.4, -0.2) is 74.6 Å². The summed E-state index contributed by atoms with van der Waals surface area (Å²) in [4.78, 5) is 24.5. The molecule has 8 nitrogen and oxygen atoms in total. The van der Waals surface area contributed by atoms with Gasteiger partial charge in [-0.2, -0.15) is 14.6 Å². The number of carbonyl (C=O) groups excluding carboxylic acids is 1. The SMILES string of the molecule is CC(=O)N1CCN(CCNc2cc(-c3ccccc3)nc3ncnn23)CC1. The summed E-state index contributed by atoms with van der Waals surface area (Å²) in [6.07, 6.45) is 1.52. The van der Waals surface area contributed by atoms with Crippen LogP contribution in [0.15, 0.2) is 42.7 Å². The maximum atomic E-state index is 11.4. The van der Waals surface area contributed by atoms with E-state index in [9.17, 15) is 4.79 Å². The van der Waals surface area contributed by atoms with E-state index in [2.05, 4.69) is 25.3 Å². The number of amides is 1. The zero-order valence-corrected chi connectivity index (χ0v) is 15.4. The largest absolute Gasteiger partial charge is 0.369 e. The van der Waals surface area contributed by atoms with E-state index in [4.69, 9.17) is 0 Å². The lowest BCUT2D eigenvalue weighted by molar-refractivity contribution is -0.130. The lowest BCUT2D eigenvalue weighted by atomic mass is 10.1. The number of benzene rings is 1. The number of fused-ring (bicyclic) bond motifs is 1. The van der Waals surface area contributed by atoms with Gasteiger partial charge in [-0.25, -0.2) is 4.98 Å². The van der Waals surface area contributed by atoms with Crippen molar-refractivity contribution in [3.8, 4) is 11.3 Å². The first-order valence-electron chi connectivity index (χ1n) is 9.18. The minimum Gasteiger partial charge on any atom is -0.369 e. The molecule has 1 N–H and O–H groups in total. The molecule has 3 aromatic rings. The van der Waals surface area contributed by atoms with E-state index in [1.807, 2.05) is 41.3 Å². The standard InChI is InChI=1S/C19H23N7O/c1-15(27)25-11-9-24(10-12-25)8-7-20-18-13-17(16-5-3-2-4-6-16)23-19-21-14-22-26(18)19/h2-6,13-14,20H,7-12H2,1H3. The van der Waals surface area contributed by atoms with Crippen LogP contribution < -0.4 is 5.32 Å². The highest BCUT2D eigenvalue weighted by molar-refractivity contribution is 5.73. The van der Waals surface area contributed by atoms with Gasteiger partial charge in [-0.1, -0.05) is 30.3 Å². The lowest BCUT2D eigenvalue weighted by Crippen LogP contribution is -2.49. The Hall–Kier alpha value is -3.00. The Balaban J connectivity index is 1.43. The predicted octanol–water partition coefficient (Wildman–Crippen LogP) is 1.37. The second kappa shape index (κ2) is 7.71. The number of hydrogen-bond donors (Lipinski definition) is 1. The van der Waals surface area contributed by atoms with Gasteiger partial charge in [-0.15, -0.1) is 0 Å². The van der Waals surface area contributed by atoms with E-state index < -0.39 is 0 Å². The first kappa shape index (κ1) is 17.4. The number of nitrogens with one attached hydrogen (secondary N) is 1. The van der Waals surface area contributed by atoms with E-state index in [1.165, 1.54) is 6.33 Å². The van der Waals surface area contributed by atoms with Crippen LogP contribution in [0.25, 0.3) is 17.0 Å². The normalized spacial score (nSPS) is 15.2. The Morgan fingerprint density at radius 1 is 1.15 bits per heavy atom. The molecule has 1 saturated heterocycles. The number of rotatable bonds is 5. The third kappa shape index (κ3) is 3.90. The van der Waals surface area contributed by atoms with Crippen LogP contribution >= 0.6 is 0 Å². The van der Waals surface area contributed by atoms with Gasteiger partial charge in [0.15, 0.2) is 0 Å². The van der Waals surface area contributed by atoms with Crippen molar-refractivity contribution in [3.63, 3.8) is 0 Å². The van der Waals surface area contributed by atoms with Crippen molar-refractivity contribution < 1.29 is 4.79 Å². The monoisotopic (exact) mass is 365 g/mol. The highest BCUT2D eigenvalue weighted by atomic mass is 16.2. The molecule has 1 aromatic carbocycles. The second-order valence-corrected chi connectivity index (χ2v) is 6.64. The van der Waals surface area contributed by atoms with E-state index in [-0.39, 0.29) is 5.91 Å². The Kier molecular flexibility index (Phi) is 4.97. The number of nitrogens with zero attached hydrogens (tertiary/aromatic N) is 6. The molecule has 3 heterocycles. The molecular weight excluding hydrogens is 342 g/mol. The summed E-state index contributed by atoms with van der Waals surface area (Å²) in [5, 5.41) is 7.73. The summed E-state index contributed by atoms with van der Waals surface area (Å²) in [6, 6.07) is 12.1. The maximum absolute atomic E-state index is 11.4. The van der Waals surface area contributed by atoms with Crippen molar-refractivity contribution in [2.75, 3.05) is 44.6 Å². The summed E-state index contributed by atoms with van der Waals surface area (Å²) in [5.41, 5.74) is 1.92. The molecule has 0 saturated carbocycles. The summed E-state index contributed by atoms with van der Waals surface area (Å²) >= 11 is 0. The average molecular weight is 365 g/mol. The zero-order chi connectivity index (χ0) is 18.6. The molecule has 27 heavy (non-hydrogen) atoms. The van der Waals surface area contributed by atoms with E-state index in [0.717, 1.165) is 56.3 Å². The molecule has 1 amide bonds. The summed E-state index contributed by atoms with van der Waals surface area (Å²) < 4.78 is 1.72. The minimum absolute atomic E-state index is 0.159. The fourth-order valence-electron chi connectivity index (χ4n) is 3.32. The molecule has 1 fully saturated rings. The summed E-state index contributed by atoms with van der Waals surface area (Å²) in [6.45, 7) is 6.75. The fraction of sp³-hybridized carbons (Fsp3) is 0.368. The smallest absolute Gasteiger partial charge is 0.254 e. The quantitative estimate of drug-likeness (QED) is 0.736. The van der Waals surface area contributed by atoms with Gasteiger partial charge in [0, 0.05) is 57.8 Å². The van der Waals surface area contributed by atoms with Gasteiger partial charge in [0.2, 0.25) is 5.91 Å². The number of hydrogen-bond acceptors (Lipinski definition) is 6. The Morgan fingerprint density at radius 3 is 2.67 bits per heavy atom. The Labute approximate surface area is 157 Å². The third-order valence-electron chi connectivity index (χ3n) is 4.87. The van der Waals surface area contributed by atoms with Crippen molar-refractivity contribution in [2.45, 2.75) is 6.92 Å². The van der Waals surface area contributed by atoms with Crippen LogP contribution in [0, 0.1) is 0 Å². The molecule has 0 radical (unpaired) electrons. The van der Waals surface area contributed by atoms with Gasteiger partial charge in [0.25, 0.3) is 5.78 Å². The van der Waals surface area contributed by atoms with Crippen LogP contribution in [0.1, 0.15) is 6.92 Å². The minimum atomic E-state index is 0.159. The molecule has 0 unspecified atom stereocenters. The molecule has 2 aromatic heterocycles. The van der Waals surface area contributed by atoms with Crippen LogP contribution in [0.5, 0.6) is 0 Å². The average Bonchev–Trinajstić information content (AvgIpc) is 3.18. The van der Waals surface area contributed by atoms with Gasteiger partial charge in [-0.05, 0) is 0 Å². The van der Waals surface area contributed by atoms with Crippen molar-refractivity contribution in [1.29, 1.82) is 0 Å². The molecule has 140 valence electrons. The molecule has 4 rings (SSSR count). The van der Waals surface area contributed by atoms with Crippen LogP contribution in [0.2, 0.25) is 0 Å². The number of anilines is 1. The zero-order valence-electron chi connectivity index (χ0n) is 15.4. The first-order valence-corrected chi connectivity index (χ1v) is 9.18. The van der Waals surface area contributed by atoms with Gasteiger partial charge in [0.1, 0.15) is 12.1 Å². The highest BCUT2D eigenvalue weighted by Gasteiger charge is 2.18. The van der Waals surface area contributed by atoms with Gasteiger partial charge >= 0.3 is 0 Å². The van der Waals surface area contributed by atoms with Crippen LogP contribution in [0.3, 0.4) is 0 Å². The molecule has 1 aliphatic rings. The first-order chi connectivity index (χ1) is 13.2. The van der Waals surface area contributed by atoms with E-state index in [0.29, 0.717) is 5.78 Å². The second-order valence-electron chi connectivity index (χ2n) is 6.64. The topological polar surface area (TPSA) is 78.7 Å². The van der Waals surface area contributed by atoms with Gasteiger partial charge < -0.3 is 10.2 Å². The van der Waals surface area contributed by atoms with Gasteiger partial charge in [-0.3, -0.25) is 9.69 Å².